The molecule has 14 heteroatoms. The van der Waals surface area contributed by atoms with Crippen LogP contribution in [0, 0.1) is 0 Å². The molecule has 6 N–H and O–H groups in total. The smallest absolute Gasteiger partial charge is 0.790 e. The van der Waals surface area contributed by atoms with E-state index in [4.69, 9.17) is 0 Å². The predicted molar refractivity (Wildman–Crippen MR) is 27.1 cm³/mol. The Morgan fingerprint density at radius 2 is 0.857 bits per heavy atom. The van der Waals surface area contributed by atoms with Gasteiger partial charge in [-0.05, 0) is 0 Å². The van der Waals surface area contributed by atoms with Gasteiger partial charge in [0.05, 0.1) is 15.6 Å². The largest absolute Gasteiger partial charge is 2.00 e. The maximum atomic E-state index is 9.32. The van der Waals surface area contributed by atoms with Crippen molar-refractivity contribution >= 4 is 15.6 Å². The zero-order chi connectivity index (χ0) is 7.71. The monoisotopic (exact) mass is 354 g/mol. The van der Waals surface area contributed by atoms with E-state index in [0.717, 1.165) is 0 Å². The number of phosphoric acid groups is 2. The predicted octanol–water partition coefficient (Wildman–Crippen LogP) is -5.82. The summed E-state index contributed by atoms with van der Waals surface area (Å²) < 4.78 is 21.2. The van der Waals surface area contributed by atoms with Crippen LogP contribution in [0.3, 0.4) is 0 Å². The van der Waals surface area contributed by atoms with Gasteiger partial charge < -0.3 is 49.4 Å². The van der Waals surface area contributed by atoms with Gasteiger partial charge in [-0.25, -0.2) is 0 Å². The van der Waals surface area contributed by atoms with Gasteiger partial charge in [-0.2, -0.15) is 0 Å². The van der Waals surface area contributed by atoms with E-state index in [9.17, 15) is 28.7 Å². The third kappa shape index (κ3) is 37.9. The van der Waals surface area contributed by atoms with Crippen LogP contribution in [0.15, 0.2) is 0 Å². The van der Waals surface area contributed by atoms with E-state index in [1.807, 2.05) is 0 Å². The molecule has 0 aliphatic heterocycles. The van der Waals surface area contributed by atoms with Crippen molar-refractivity contribution < 1.29 is 83.6 Å². The molecule has 0 spiro atoms. The second-order valence-corrected chi connectivity index (χ2v) is 3.42. The first kappa shape index (κ1) is 36.2. The van der Waals surface area contributed by atoms with E-state index in [0.29, 0.717) is 0 Å². The third-order valence-corrected chi connectivity index (χ3v) is 1.80. The first-order chi connectivity index (χ1) is 3.71. The molecule has 0 saturated carbocycles. The van der Waals surface area contributed by atoms with Crippen LogP contribution in [0.1, 0.15) is 0 Å². The van der Waals surface area contributed by atoms with Crippen LogP contribution < -0.4 is 19.6 Å². The molecule has 98 valence electrons. The van der Waals surface area contributed by atoms with E-state index in [1.165, 1.54) is 0 Å². The van der Waals surface area contributed by atoms with Crippen LogP contribution in [-0.2, 0) is 47.6 Å². The molecule has 14 heavy (non-hydrogen) atoms. The summed E-state index contributed by atoms with van der Waals surface area (Å²) in [7, 11) is -11.4. The molecular weight excluding hydrogens is 349 g/mol. The van der Waals surface area contributed by atoms with Gasteiger partial charge in [-0.3, -0.25) is 0 Å². The fraction of sp³-hybridized carbons (Fsp3) is 0. The molecule has 0 aromatic heterocycles. The first-order valence-electron chi connectivity index (χ1n) is 1.46. The van der Waals surface area contributed by atoms with E-state index in [1.54, 1.807) is 0 Å². The van der Waals surface area contributed by atoms with Crippen molar-refractivity contribution in [1.29, 1.82) is 0 Å². The molecule has 0 rings (SSSR count). The average Bonchev–Trinajstić information content (AvgIpc) is 1.14. The Labute approximate surface area is 99.4 Å². The van der Waals surface area contributed by atoms with Crippen molar-refractivity contribution in [2.24, 2.45) is 0 Å². The summed E-state index contributed by atoms with van der Waals surface area (Å²) in [6.45, 7) is 0. The minimum absolute atomic E-state index is 0. The molecule has 0 heterocycles. The molecule has 0 bridgehead atoms. The van der Waals surface area contributed by atoms with Gasteiger partial charge >= 0.3 is 34.1 Å². The summed E-state index contributed by atoms with van der Waals surface area (Å²) in [6.07, 6.45) is 0. The molecule has 0 aromatic carbocycles. The van der Waals surface area contributed by atoms with Crippen LogP contribution in [0.25, 0.3) is 0 Å². The van der Waals surface area contributed by atoms with Crippen LogP contribution in [0.5, 0.6) is 0 Å². The molecule has 2 radical (unpaired) electrons. The van der Waals surface area contributed by atoms with Gasteiger partial charge in [-0.1, -0.05) is 0 Å². The number of rotatable bonds is 2. The Kier molecular flexibility index (Phi) is 31.7. The molecule has 0 aromatic rings. The van der Waals surface area contributed by atoms with E-state index in [2.05, 4.69) is 4.31 Å². The van der Waals surface area contributed by atoms with Gasteiger partial charge in [-0.15, -0.1) is 0 Å². The summed E-state index contributed by atoms with van der Waals surface area (Å²) >= 11 is 0. The van der Waals surface area contributed by atoms with E-state index in [-0.39, 0.29) is 50.6 Å². The van der Waals surface area contributed by atoms with Crippen molar-refractivity contribution in [1.82, 2.24) is 0 Å². The van der Waals surface area contributed by atoms with Gasteiger partial charge in [0.25, 0.3) is 0 Å². The molecule has 0 fully saturated rings. The Hall–Kier alpha value is 1.18. The molecule has 0 saturated heterocycles. The third-order valence-electron chi connectivity index (χ3n) is 0.200. The molecule has 10 nitrogen and oxygen atoms in total. The van der Waals surface area contributed by atoms with Crippen molar-refractivity contribution in [2.75, 3.05) is 0 Å². The van der Waals surface area contributed by atoms with Crippen molar-refractivity contribution in [3.05, 3.63) is 0 Å². The molecular formula is H6Cu2O10P2. The van der Waals surface area contributed by atoms with Crippen LogP contribution in [-0.4, -0.2) is 16.4 Å². The Morgan fingerprint density at radius 1 is 0.714 bits per heavy atom. The van der Waals surface area contributed by atoms with Crippen molar-refractivity contribution in [3.8, 4) is 0 Å². The standard InChI is InChI=1S/2Cu.H4O7P2.3H2O/c;;1-8(2,3)7-9(4,5)6;;;/h;;(H2,1,2,3)(H2,4,5,6);3*1H2/q2*+2;;;;/p-4. The molecule has 0 unspecified atom stereocenters. The topological polar surface area (TPSA) is 230 Å². The maximum Gasteiger partial charge on any atom is 2.00 e. The molecule has 0 aliphatic rings. The summed E-state index contributed by atoms with van der Waals surface area (Å²) in [5.74, 6) is 0. The summed E-state index contributed by atoms with van der Waals surface area (Å²) in [5, 5.41) is 0. The summed E-state index contributed by atoms with van der Waals surface area (Å²) in [6, 6.07) is 0. The summed E-state index contributed by atoms with van der Waals surface area (Å²) in [4.78, 5) is 37.3. The van der Waals surface area contributed by atoms with E-state index >= 15 is 0 Å². The van der Waals surface area contributed by atoms with Crippen LogP contribution in [0.4, 0.5) is 0 Å². The van der Waals surface area contributed by atoms with Crippen molar-refractivity contribution in [3.63, 3.8) is 0 Å². The second kappa shape index (κ2) is 12.2. The molecule has 0 atom stereocenters. The SMILES string of the molecule is O.O.O.O=P([O-])([O-])OP(=O)([O-])[O-].[Cu+2].[Cu+2]. The first-order valence-corrected chi connectivity index (χ1v) is 4.38. The van der Waals surface area contributed by atoms with Gasteiger partial charge in [0, 0.05) is 0 Å². The van der Waals surface area contributed by atoms with Gasteiger partial charge in [0.1, 0.15) is 0 Å². The zero-order valence-corrected chi connectivity index (χ0v) is 9.53. The zero-order valence-electron chi connectivity index (χ0n) is 5.86. The molecule has 0 aliphatic carbocycles. The number of hydrogen-bond acceptors (Lipinski definition) is 7. The average molecular weight is 355 g/mol. The number of hydrogen-bond donors (Lipinski definition) is 0. The normalized spacial score (nSPS) is 8.86. The fourth-order valence-electron chi connectivity index (χ4n) is 0.122. The van der Waals surface area contributed by atoms with Gasteiger partial charge in [0.15, 0.2) is 0 Å². The maximum absolute atomic E-state index is 9.32. The quantitative estimate of drug-likeness (QED) is 0.343. The van der Waals surface area contributed by atoms with Crippen LogP contribution >= 0.6 is 15.6 Å². The Bertz CT molecular complexity index is 157. The van der Waals surface area contributed by atoms with Gasteiger partial charge in [0.2, 0.25) is 0 Å². The minimum Gasteiger partial charge on any atom is -0.790 e. The minimum atomic E-state index is -5.68. The fourth-order valence-corrected chi connectivity index (χ4v) is 1.10. The van der Waals surface area contributed by atoms with Crippen molar-refractivity contribution in [2.45, 2.75) is 0 Å². The second-order valence-electron chi connectivity index (χ2n) is 0.976. The Balaban J connectivity index is -0.0000000320. The Morgan fingerprint density at radius 3 is 0.857 bits per heavy atom. The summed E-state index contributed by atoms with van der Waals surface area (Å²) in [5.41, 5.74) is 0. The van der Waals surface area contributed by atoms with E-state index < -0.39 is 15.6 Å². The molecule has 0 amide bonds. The van der Waals surface area contributed by atoms with Crippen LogP contribution in [0.2, 0.25) is 0 Å².